The number of fused-ring (bicyclic) bond motifs is 1. The van der Waals surface area contributed by atoms with Crippen LogP contribution in [0.1, 0.15) is 26.7 Å². The van der Waals surface area contributed by atoms with Crippen molar-refractivity contribution in [2.45, 2.75) is 32.2 Å². The van der Waals surface area contributed by atoms with Crippen LogP contribution in [0.5, 0.6) is 0 Å². The molecule has 0 aliphatic heterocycles. The highest BCUT2D eigenvalue weighted by molar-refractivity contribution is 5.89. The van der Waals surface area contributed by atoms with Crippen molar-refractivity contribution in [3.63, 3.8) is 0 Å². The molecule has 0 amide bonds. The molecule has 6 nitrogen and oxygen atoms in total. The topological polar surface area (TPSA) is 97.0 Å². The van der Waals surface area contributed by atoms with Gasteiger partial charge in [-0.05, 0) is 19.4 Å². The summed E-state index contributed by atoms with van der Waals surface area (Å²) in [5, 5.41) is 13.7. The first-order valence-corrected chi connectivity index (χ1v) is 6.34. The molecule has 102 valence electrons. The van der Waals surface area contributed by atoms with Crippen molar-refractivity contribution in [2.75, 3.05) is 17.7 Å². The molecule has 2 aromatic heterocycles. The molecular formula is C13H19N5O. The van der Waals surface area contributed by atoms with Gasteiger partial charge >= 0.3 is 0 Å². The van der Waals surface area contributed by atoms with E-state index in [0.29, 0.717) is 11.3 Å². The van der Waals surface area contributed by atoms with Crippen LogP contribution in [0, 0.1) is 0 Å². The van der Waals surface area contributed by atoms with Gasteiger partial charge in [-0.2, -0.15) is 4.98 Å². The molecule has 0 unspecified atom stereocenters. The van der Waals surface area contributed by atoms with Gasteiger partial charge < -0.3 is 16.2 Å². The third-order valence-electron chi connectivity index (χ3n) is 3.09. The number of hydrogen-bond acceptors (Lipinski definition) is 6. The Kier molecular flexibility index (Phi) is 3.80. The first-order chi connectivity index (χ1) is 9.08. The van der Waals surface area contributed by atoms with Gasteiger partial charge in [-0.25, -0.2) is 4.98 Å². The van der Waals surface area contributed by atoms with Crippen LogP contribution in [0.15, 0.2) is 18.5 Å². The smallest absolute Gasteiger partial charge is 0.222 e. The van der Waals surface area contributed by atoms with Crippen LogP contribution in [-0.4, -0.2) is 32.2 Å². The maximum atomic E-state index is 9.57. The maximum absolute atomic E-state index is 9.57. The number of aromatic nitrogens is 3. The molecule has 0 aromatic carbocycles. The summed E-state index contributed by atoms with van der Waals surface area (Å²) in [6.07, 6.45) is 5.13. The minimum absolute atomic E-state index is 0.0251. The fraction of sp³-hybridized carbons (Fsp3) is 0.462. The lowest BCUT2D eigenvalue weighted by atomic mass is 9.97. The van der Waals surface area contributed by atoms with E-state index in [1.54, 1.807) is 12.4 Å². The fourth-order valence-electron chi connectivity index (χ4n) is 2.11. The standard InChI is InChI=1S/C13H19N5O/c1-3-5-13(2,8-19)18-11-9-4-6-15-7-10(9)16-12(14)17-11/h4,6-7,19H,3,5,8H2,1-2H3,(H3,14,16,17,18)/t13-/m1/s1. The summed E-state index contributed by atoms with van der Waals surface area (Å²) in [7, 11) is 0. The number of rotatable bonds is 5. The van der Waals surface area contributed by atoms with Gasteiger partial charge in [-0.15, -0.1) is 0 Å². The Morgan fingerprint density at radius 3 is 2.89 bits per heavy atom. The minimum Gasteiger partial charge on any atom is -0.394 e. The van der Waals surface area contributed by atoms with Crippen molar-refractivity contribution >= 4 is 22.7 Å². The fourth-order valence-corrected chi connectivity index (χ4v) is 2.11. The number of hydrogen-bond donors (Lipinski definition) is 3. The lowest BCUT2D eigenvalue weighted by Gasteiger charge is -2.29. The van der Waals surface area contributed by atoms with E-state index in [9.17, 15) is 5.11 Å². The summed E-state index contributed by atoms with van der Waals surface area (Å²) in [4.78, 5) is 12.4. The summed E-state index contributed by atoms with van der Waals surface area (Å²) < 4.78 is 0. The average Bonchev–Trinajstić information content (AvgIpc) is 2.39. The summed E-state index contributed by atoms with van der Waals surface area (Å²) in [6, 6.07) is 1.83. The number of nitrogen functional groups attached to an aromatic ring is 1. The quantitative estimate of drug-likeness (QED) is 0.756. The third kappa shape index (κ3) is 2.90. The minimum atomic E-state index is -0.425. The molecule has 0 radical (unpaired) electrons. The molecule has 0 aliphatic carbocycles. The first kappa shape index (κ1) is 13.5. The van der Waals surface area contributed by atoms with Crippen LogP contribution in [0.25, 0.3) is 10.9 Å². The van der Waals surface area contributed by atoms with Gasteiger partial charge in [-0.1, -0.05) is 13.3 Å². The zero-order valence-corrected chi connectivity index (χ0v) is 11.2. The van der Waals surface area contributed by atoms with E-state index >= 15 is 0 Å². The molecule has 6 heteroatoms. The van der Waals surface area contributed by atoms with Gasteiger partial charge in [0, 0.05) is 11.6 Å². The molecular weight excluding hydrogens is 242 g/mol. The molecule has 0 spiro atoms. The van der Waals surface area contributed by atoms with Crippen molar-refractivity contribution < 1.29 is 5.11 Å². The molecule has 2 aromatic rings. The van der Waals surface area contributed by atoms with Crippen molar-refractivity contribution in [1.29, 1.82) is 0 Å². The average molecular weight is 261 g/mol. The van der Waals surface area contributed by atoms with E-state index < -0.39 is 5.54 Å². The third-order valence-corrected chi connectivity index (χ3v) is 3.09. The van der Waals surface area contributed by atoms with Crippen molar-refractivity contribution in [3.8, 4) is 0 Å². The van der Waals surface area contributed by atoms with Crippen LogP contribution < -0.4 is 11.1 Å². The normalized spacial score (nSPS) is 14.3. The molecule has 4 N–H and O–H groups in total. The summed E-state index contributed by atoms with van der Waals surface area (Å²) in [5.41, 5.74) is 5.97. The predicted molar refractivity (Wildman–Crippen MR) is 75.8 cm³/mol. The van der Waals surface area contributed by atoms with E-state index in [0.717, 1.165) is 18.2 Å². The number of nitrogens with one attached hydrogen (secondary N) is 1. The Labute approximate surface area is 112 Å². The SMILES string of the molecule is CCC[C@](C)(CO)Nc1nc(N)nc2cnccc12. The lowest BCUT2D eigenvalue weighted by molar-refractivity contribution is 0.214. The molecule has 19 heavy (non-hydrogen) atoms. The highest BCUT2D eigenvalue weighted by atomic mass is 16.3. The number of anilines is 2. The van der Waals surface area contributed by atoms with Crippen LogP contribution in [0.2, 0.25) is 0 Å². The Balaban J connectivity index is 2.44. The Morgan fingerprint density at radius 1 is 1.42 bits per heavy atom. The zero-order valence-electron chi connectivity index (χ0n) is 11.2. The van der Waals surface area contributed by atoms with Crippen molar-refractivity contribution in [1.82, 2.24) is 15.0 Å². The van der Waals surface area contributed by atoms with E-state index in [4.69, 9.17) is 5.73 Å². The number of nitrogens with two attached hydrogens (primary N) is 1. The molecule has 0 saturated heterocycles. The van der Waals surface area contributed by atoms with E-state index in [2.05, 4.69) is 27.2 Å². The highest BCUT2D eigenvalue weighted by Gasteiger charge is 2.23. The second kappa shape index (κ2) is 5.36. The molecule has 2 heterocycles. The van der Waals surface area contributed by atoms with Crippen LogP contribution in [0.3, 0.4) is 0 Å². The first-order valence-electron chi connectivity index (χ1n) is 6.34. The maximum Gasteiger partial charge on any atom is 0.222 e. The Morgan fingerprint density at radius 2 is 2.21 bits per heavy atom. The van der Waals surface area contributed by atoms with Gasteiger partial charge in [0.25, 0.3) is 0 Å². The zero-order chi connectivity index (χ0) is 13.9. The van der Waals surface area contributed by atoms with Crippen molar-refractivity contribution in [2.24, 2.45) is 0 Å². The molecule has 2 rings (SSSR count). The molecule has 0 bridgehead atoms. The highest BCUT2D eigenvalue weighted by Crippen LogP contribution is 2.25. The monoisotopic (exact) mass is 261 g/mol. The van der Waals surface area contributed by atoms with E-state index in [1.807, 2.05) is 13.0 Å². The second-order valence-corrected chi connectivity index (χ2v) is 4.92. The molecule has 1 atom stereocenters. The van der Waals surface area contributed by atoms with Gasteiger partial charge in [0.15, 0.2) is 0 Å². The van der Waals surface area contributed by atoms with Gasteiger partial charge in [0.1, 0.15) is 5.82 Å². The number of pyridine rings is 1. The van der Waals surface area contributed by atoms with Crippen LogP contribution in [0.4, 0.5) is 11.8 Å². The summed E-state index contributed by atoms with van der Waals surface area (Å²) >= 11 is 0. The van der Waals surface area contributed by atoms with Crippen LogP contribution in [-0.2, 0) is 0 Å². The largest absolute Gasteiger partial charge is 0.394 e. The van der Waals surface area contributed by atoms with Gasteiger partial charge in [0.2, 0.25) is 5.95 Å². The second-order valence-electron chi connectivity index (χ2n) is 4.92. The lowest BCUT2D eigenvalue weighted by Crippen LogP contribution is -2.39. The summed E-state index contributed by atoms with van der Waals surface area (Å²) in [5.74, 6) is 0.828. The van der Waals surface area contributed by atoms with Gasteiger partial charge in [-0.3, -0.25) is 4.98 Å². The van der Waals surface area contributed by atoms with Gasteiger partial charge in [0.05, 0.1) is 23.9 Å². The summed E-state index contributed by atoms with van der Waals surface area (Å²) in [6.45, 7) is 4.06. The Bertz CT molecular complexity index is 574. The predicted octanol–water partition coefficient (Wildman–Crippen LogP) is 1.57. The number of aliphatic hydroxyl groups is 1. The molecule has 0 aliphatic rings. The van der Waals surface area contributed by atoms with Crippen molar-refractivity contribution in [3.05, 3.63) is 18.5 Å². The Hall–Kier alpha value is -1.95. The van der Waals surface area contributed by atoms with E-state index in [1.165, 1.54) is 0 Å². The molecule has 0 fully saturated rings. The molecule has 0 saturated carbocycles. The van der Waals surface area contributed by atoms with Crippen LogP contribution >= 0.6 is 0 Å². The van der Waals surface area contributed by atoms with E-state index in [-0.39, 0.29) is 12.6 Å². The number of nitrogens with zero attached hydrogens (tertiary/aromatic N) is 3. The number of aliphatic hydroxyl groups excluding tert-OH is 1.